The molecular formula is C23H27N3O5S. The van der Waals surface area contributed by atoms with Gasteiger partial charge in [-0.25, -0.2) is 8.42 Å². The minimum absolute atomic E-state index is 0.0381. The first-order chi connectivity index (χ1) is 15.4. The van der Waals surface area contributed by atoms with Crippen LogP contribution in [0.1, 0.15) is 42.5 Å². The number of hydrogen-bond acceptors (Lipinski definition) is 5. The topological polar surface area (TPSA) is 96.0 Å². The van der Waals surface area contributed by atoms with Crippen molar-refractivity contribution in [2.24, 2.45) is 0 Å². The third-order valence-electron chi connectivity index (χ3n) is 5.85. The SMILES string of the molecule is COc1ccc(NC(=O)c2cccc(N3CCCC3=O)c2)cc1S(=O)(=O)N1CCCCC1. The van der Waals surface area contributed by atoms with Crippen LogP contribution in [0.3, 0.4) is 0 Å². The summed E-state index contributed by atoms with van der Waals surface area (Å²) >= 11 is 0. The van der Waals surface area contributed by atoms with E-state index in [0.717, 1.165) is 25.7 Å². The number of nitrogens with one attached hydrogen (secondary N) is 1. The second-order valence-electron chi connectivity index (χ2n) is 7.98. The van der Waals surface area contributed by atoms with Crippen molar-refractivity contribution in [3.05, 3.63) is 48.0 Å². The number of rotatable bonds is 6. The zero-order chi connectivity index (χ0) is 22.7. The molecule has 2 aliphatic heterocycles. The molecule has 32 heavy (non-hydrogen) atoms. The Balaban J connectivity index is 1.58. The Morgan fingerprint density at radius 2 is 1.78 bits per heavy atom. The third-order valence-corrected chi connectivity index (χ3v) is 7.77. The molecule has 0 spiro atoms. The molecule has 8 nitrogen and oxygen atoms in total. The quantitative estimate of drug-likeness (QED) is 0.718. The van der Waals surface area contributed by atoms with E-state index >= 15 is 0 Å². The van der Waals surface area contributed by atoms with Gasteiger partial charge in [-0.1, -0.05) is 12.5 Å². The van der Waals surface area contributed by atoms with Crippen LogP contribution in [0.5, 0.6) is 5.75 Å². The number of carbonyl (C=O) groups is 2. The van der Waals surface area contributed by atoms with Gasteiger partial charge < -0.3 is 15.0 Å². The van der Waals surface area contributed by atoms with Crippen LogP contribution in [0.15, 0.2) is 47.4 Å². The zero-order valence-electron chi connectivity index (χ0n) is 18.0. The summed E-state index contributed by atoms with van der Waals surface area (Å²) in [6.07, 6.45) is 3.98. The molecule has 0 aromatic heterocycles. The Morgan fingerprint density at radius 1 is 1.00 bits per heavy atom. The lowest BCUT2D eigenvalue weighted by Gasteiger charge is -2.26. The Hall–Kier alpha value is -2.91. The highest BCUT2D eigenvalue weighted by Crippen LogP contribution is 2.31. The maximum Gasteiger partial charge on any atom is 0.255 e. The van der Waals surface area contributed by atoms with Crippen molar-refractivity contribution in [3.8, 4) is 5.75 Å². The average molecular weight is 458 g/mol. The lowest BCUT2D eigenvalue weighted by molar-refractivity contribution is -0.117. The number of amides is 2. The van der Waals surface area contributed by atoms with Crippen LogP contribution in [0.4, 0.5) is 11.4 Å². The summed E-state index contributed by atoms with van der Waals surface area (Å²) in [5, 5.41) is 2.77. The molecule has 0 atom stereocenters. The first-order valence-corrected chi connectivity index (χ1v) is 12.2. The highest BCUT2D eigenvalue weighted by molar-refractivity contribution is 7.89. The number of anilines is 2. The first kappa shape index (κ1) is 22.3. The highest BCUT2D eigenvalue weighted by Gasteiger charge is 2.29. The van der Waals surface area contributed by atoms with Gasteiger partial charge in [0.15, 0.2) is 0 Å². The van der Waals surface area contributed by atoms with Gasteiger partial charge in [-0.05, 0) is 55.7 Å². The van der Waals surface area contributed by atoms with Gasteiger partial charge in [0.2, 0.25) is 15.9 Å². The van der Waals surface area contributed by atoms with Crippen LogP contribution in [-0.4, -0.2) is 51.3 Å². The van der Waals surface area contributed by atoms with Gasteiger partial charge in [-0.3, -0.25) is 9.59 Å². The van der Waals surface area contributed by atoms with Crippen LogP contribution in [0.25, 0.3) is 0 Å². The fourth-order valence-electron chi connectivity index (χ4n) is 4.14. The second-order valence-corrected chi connectivity index (χ2v) is 9.89. The molecule has 170 valence electrons. The molecule has 2 aromatic carbocycles. The number of methoxy groups -OCH3 is 1. The normalized spacial score (nSPS) is 17.4. The number of carbonyl (C=O) groups excluding carboxylic acids is 2. The van der Waals surface area contributed by atoms with E-state index in [-0.39, 0.29) is 22.5 Å². The maximum absolute atomic E-state index is 13.2. The van der Waals surface area contributed by atoms with Crippen LogP contribution >= 0.6 is 0 Å². The molecule has 0 bridgehead atoms. The molecule has 2 saturated heterocycles. The lowest BCUT2D eigenvalue weighted by Crippen LogP contribution is -2.35. The molecule has 2 amide bonds. The molecule has 0 aliphatic carbocycles. The number of hydrogen-bond donors (Lipinski definition) is 1. The minimum Gasteiger partial charge on any atom is -0.495 e. The average Bonchev–Trinajstić information content (AvgIpc) is 3.25. The molecular weight excluding hydrogens is 430 g/mol. The van der Waals surface area contributed by atoms with Gasteiger partial charge in [-0.15, -0.1) is 0 Å². The van der Waals surface area contributed by atoms with E-state index < -0.39 is 10.0 Å². The summed E-state index contributed by atoms with van der Waals surface area (Å²) in [5.41, 5.74) is 1.43. The molecule has 9 heteroatoms. The minimum atomic E-state index is -3.74. The van der Waals surface area contributed by atoms with Gasteiger partial charge in [0.05, 0.1) is 7.11 Å². The third kappa shape index (κ3) is 4.49. The summed E-state index contributed by atoms with van der Waals surface area (Å²) in [7, 11) is -2.31. The smallest absolute Gasteiger partial charge is 0.255 e. The molecule has 2 aromatic rings. The van der Waals surface area contributed by atoms with E-state index in [1.165, 1.54) is 17.5 Å². The largest absolute Gasteiger partial charge is 0.495 e. The van der Waals surface area contributed by atoms with Crippen molar-refractivity contribution in [1.29, 1.82) is 0 Å². The van der Waals surface area contributed by atoms with Crippen LogP contribution in [0, 0.1) is 0 Å². The molecule has 2 heterocycles. The Kier molecular flexibility index (Phi) is 6.48. The number of sulfonamides is 1. The van der Waals surface area contributed by atoms with Crippen LogP contribution in [-0.2, 0) is 14.8 Å². The van der Waals surface area contributed by atoms with Crippen LogP contribution in [0.2, 0.25) is 0 Å². The van der Waals surface area contributed by atoms with Crippen molar-refractivity contribution in [2.45, 2.75) is 37.0 Å². The van der Waals surface area contributed by atoms with E-state index in [9.17, 15) is 18.0 Å². The lowest BCUT2D eigenvalue weighted by atomic mass is 10.1. The first-order valence-electron chi connectivity index (χ1n) is 10.8. The van der Waals surface area contributed by atoms with Crippen molar-refractivity contribution in [1.82, 2.24) is 4.31 Å². The fourth-order valence-corrected chi connectivity index (χ4v) is 5.84. The van der Waals surface area contributed by atoms with E-state index in [1.54, 1.807) is 41.3 Å². The van der Waals surface area contributed by atoms with Gasteiger partial charge in [0.1, 0.15) is 10.6 Å². The summed E-state index contributed by atoms with van der Waals surface area (Å²) in [4.78, 5) is 26.6. The molecule has 1 N–H and O–H groups in total. The summed E-state index contributed by atoms with van der Waals surface area (Å²) in [6, 6.07) is 11.5. The van der Waals surface area contributed by atoms with Gasteiger partial charge in [0.25, 0.3) is 5.91 Å². The van der Waals surface area contributed by atoms with Gasteiger partial charge >= 0.3 is 0 Å². The van der Waals surface area contributed by atoms with Gasteiger partial charge in [0, 0.05) is 43.0 Å². The predicted molar refractivity (Wildman–Crippen MR) is 122 cm³/mol. The molecule has 0 unspecified atom stereocenters. The summed E-state index contributed by atoms with van der Waals surface area (Å²) in [5.74, 6) is -0.0987. The number of benzene rings is 2. The standard InChI is InChI=1S/C23H27N3O5S/c1-31-20-11-10-18(16-21(20)32(29,30)25-12-3-2-4-13-25)24-23(28)17-7-5-8-19(15-17)26-14-6-9-22(26)27/h5,7-8,10-11,15-16H,2-4,6,9,12-14H2,1H3,(H,24,28). The predicted octanol–water partition coefficient (Wildman–Crippen LogP) is 3.25. The fraction of sp³-hybridized carbons (Fsp3) is 0.391. The van der Waals surface area contributed by atoms with Gasteiger partial charge in [-0.2, -0.15) is 4.31 Å². The number of nitrogens with zero attached hydrogens (tertiary/aromatic N) is 2. The van der Waals surface area contributed by atoms with Crippen molar-refractivity contribution in [2.75, 3.05) is 37.0 Å². The highest BCUT2D eigenvalue weighted by atomic mass is 32.2. The van der Waals surface area contributed by atoms with Crippen LogP contribution < -0.4 is 15.0 Å². The molecule has 2 fully saturated rings. The van der Waals surface area contributed by atoms with Crippen molar-refractivity contribution in [3.63, 3.8) is 0 Å². The van der Waals surface area contributed by atoms with Crippen molar-refractivity contribution >= 4 is 33.2 Å². The Labute approximate surface area is 188 Å². The Morgan fingerprint density at radius 3 is 2.47 bits per heavy atom. The van der Waals surface area contributed by atoms with Crippen molar-refractivity contribution < 1.29 is 22.7 Å². The second kappa shape index (κ2) is 9.30. The molecule has 0 radical (unpaired) electrons. The number of ether oxygens (including phenoxy) is 1. The zero-order valence-corrected chi connectivity index (χ0v) is 18.9. The number of piperidine rings is 1. The molecule has 4 rings (SSSR count). The summed E-state index contributed by atoms with van der Waals surface area (Å²) < 4.78 is 33.1. The van der Waals surface area contributed by atoms with E-state index in [4.69, 9.17) is 4.74 Å². The monoisotopic (exact) mass is 457 g/mol. The maximum atomic E-state index is 13.2. The molecule has 0 saturated carbocycles. The van der Waals surface area contributed by atoms with E-state index in [2.05, 4.69) is 5.32 Å². The van der Waals surface area contributed by atoms with E-state index in [0.29, 0.717) is 43.0 Å². The Bertz CT molecular complexity index is 1130. The molecule has 2 aliphatic rings. The summed E-state index contributed by atoms with van der Waals surface area (Å²) in [6.45, 7) is 1.59. The van der Waals surface area contributed by atoms with E-state index in [1.807, 2.05) is 0 Å².